The standard InChI is InChI=1S/C10H20N2O5.C5H15NOP.CH2O/c13-6-4-10(14)11-5-2-1-3-9(7-12-15)8-17-16;1-6(2,3)4-5-8-7;1-2/h9,13,16H,1-8H2,(H,11,14);7-8H,4-5H2,1-3H3;1H2/q;+1;. The lowest BCUT2D eigenvalue weighted by molar-refractivity contribution is -0.867. The first-order chi connectivity index (χ1) is 12.8. The van der Waals surface area contributed by atoms with Crippen LogP contribution >= 0.6 is 8.81 Å². The summed E-state index contributed by atoms with van der Waals surface area (Å²) in [5.74, 6) is -0.247. The number of carbonyl (C=O) groups excluding carboxylic acids is 2. The summed E-state index contributed by atoms with van der Waals surface area (Å²) in [6.07, 6.45) is 3.35. The zero-order valence-corrected chi connectivity index (χ0v) is 17.7. The molecule has 0 saturated carbocycles. The lowest BCUT2D eigenvalue weighted by Crippen LogP contribution is -2.36. The third-order valence-corrected chi connectivity index (χ3v) is 3.68. The van der Waals surface area contributed by atoms with Crippen LogP contribution in [-0.2, 0) is 14.5 Å². The Morgan fingerprint density at radius 1 is 1.30 bits per heavy atom. The second-order valence-corrected chi connectivity index (χ2v) is 7.53. The molecule has 0 rings (SSSR count). The van der Waals surface area contributed by atoms with Gasteiger partial charge in [-0.25, -0.2) is 4.89 Å². The summed E-state index contributed by atoms with van der Waals surface area (Å²) in [6.45, 7) is 3.68. The number of nitrogens with zero attached hydrogens (tertiary/aromatic N) is 2. The smallest absolute Gasteiger partial charge is 0.222 e. The van der Waals surface area contributed by atoms with Crippen LogP contribution in [0.3, 0.4) is 0 Å². The number of hydrogen-bond donors (Lipinski definition) is 4. The molecule has 0 fully saturated rings. The van der Waals surface area contributed by atoms with Crippen LogP contribution in [-0.4, -0.2) is 92.6 Å². The first-order valence-electron chi connectivity index (χ1n) is 8.70. The fourth-order valence-corrected chi connectivity index (χ4v) is 2.57. The number of hydrogen-bond acceptors (Lipinski definition) is 8. The Kier molecular flexibility index (Phi) is 26.2. The van der Waals surface area contributed by atoms with Crippen molar-refractivity contribution in [2.45, 2.75) is 25.7 Å². The number of quaternary nitrogens is 1. The predicted molar refractivity (Wildman–Crippen MR) is 107 cm³/mol. The lowest BCUT2D eigenvalue weighted by atomic mass is 10.0. The highest BCUT2D eigenvalue weighted by molar-refractivity contribution is 7.31. The van der Waals surface area contributed by atoms with Crippen LogP contribution in [0.1, 0.15) is 25.7 Å². The maximum absolute atomic E-state index is 11.0. The molecular formula is C16H37N3O7P+. The van der Waals surface area contributed by atoms with Gasteiger partial charge in [0.05, 0.1) is 47.4 Å². The van der Waals surface area contributed by atoms with Crippen molar-refractivity contribution in [2.75, 3.05) is 60.2 Å². The second-order valence-electron chi connectivity index (χ2n) is 6.71. The van der Waals surface area contributed by atoms with Gasteiger partial charge in [-0.3, -0.25) is 10.1 Å². The number of aliphatic hydroxyl groups is 1. The predicted octanol–water partition coefficient (Wildman–Crippen LogP) is 0.621. The summed E-state index contributed by atoms with van der Waals surface area (Å²) in [5, 5.41) is 22.2. The summed E-state index contributed by atoms with van der Waals surface area (Å²) in [6, 6.07) is 0. The minimum atomic E-state index is -0.169. The second kappa shape index (κ2) is 23.0. The Balaban J connectivity index is -0.000000482. The van der Waals surface area contributed by atoms with Crippen molar-refractivity contribution in [2.24, 2.45) is 11.1 Å². The average Bonchev–Trinajstić information content (AvgIpc) is 2.62. The summed E-state index contributed by atoms with van der Waals surface area (Å²) in [7, 11) is 6.49. The molecule has 2 unspecified atom stereocenters. The molecule has 0 spiro atoms. The fraction of sp³-hybridized carbons (Fsp3) is 0.875. The van der Waals surface area contributed by atoms with E-state index in [-0.39, 0.29) is 46.8 Å². The topological polar surface area (TPSA) is 146 Å². The van der Waals surface area contributed by atoms with Crippen molar-refractivity contribution in [1.82, 2.24) is 5.32 Å². The van der Waals surface area contributed by atoms with Crippen molar-refractivity contribution < 1.29 is 34.2 Å². The van der Waals surface area contributed by atoms with E-state index in [0.717, 1.165) is 30.0 Å². The molecule has 4 N–H and O–H groups in total. The number of rotatable bonds is 14. The highest BCUT2D eigenvalue weighted by Gasteiger charge is 2.09. The van der Waals surface area contributed by atoms with Gasteiger partial charge in [0, 0.05) is 33.9 Å². The largest absolute Gasteiger partial charge is 0.396 e. The van der Waals surface area contributed by atoms with Crippen molar-refractivity contribution in [3.05, 3.63) is 4.91 Å². The van der Waals surface area contributed by atoms with E-state index in [4.69, 9.17) is 20.1 Å². The molecule has 11 heteroatoms. The van der Waals surface area contributed by atoms with Gasteiger partial charge >= 0.3 is 0 Å². The van der Waals surface area contributed by atoms with Gasteiger partial charge in [0.15, 0.2) is 0 Å². The molecule has 1 amide bonds. The van der Waals surface area contributed by atoms with E-state index < -0.39 is 0 Å². The first-order valence-corrected chi connectivity index (χ1v) is 9.85. The van der Waals surface area contributed by atoms with E-state index in [2.05, 4.69) is 36.5 Å². The minimum absolute atomic E-state index is 0.0781. The van der Waals surface area contributed by atoms with E-state index in [9.17, 15) is 9.70 Å². The van der Waals surface area contributed by atoms with E-state index in [0.29, 0.717) is 13.0 Å². The lowest BCUT2D eigenvalue weighted by Gasteiger charge is -2.22. The molecule has 2 atom stereocenters. The summed E-state index contributed by atoms with van der Waals surface area (Å²) in [4.78, 5) is 41.5. The van der Waals surface area contributed by atoms with E-state index in [1.165, 1.54) is 0 Å². The van der Waals surface area contributed by atoms with Crippen LogP contribution in [0.15, 0.2) is 5.18 Å². The van der Waals surface area contributed by atoms with Gasteiger partial charge in [-0.1, -0.05) is 11.6 Å². The molecule has 0 aromatic rings. The maximum atomic E-state index is 11.0. The Labute approximate surface area is 163 Å². The molecule has 10 nitrogen and oxygen atoms in total. The van der Waals surface area contributed by atoms with Crippen LogP contribution in [0.25, 0.3) is 0 Å². The van der Waals surface area contributed by atoms with E-state index >= 15 is 0 Å². The van der Waals surface area contributed by atoms with Crippen molar-refractivity contribution in [3.8, 4) is 0 Å². The zero-order valence-electron chi connectivity index (χ0n) is 16.7. The highest BCUT2D eigenvalue weighted by Crippen LogP contribution is 2.09. The normalized spacial score (nSPS) is 11.8. The quantitative estimate of drug-likeness (QED) is 0.0814. The molecule has 0 aliphatic heterocycles. The third kappa shape index (κ3) is 30.0. The van der Waals surface area contributed by atoms with Crippen molar-refractivity contribution >= 4 is 21.5 Å². The van der Waals surface area contributed by atoms with E-state index in [1.54, 1.807) is 0 Å². The van der Waals surface area contributed by atoms with Crippen molar-refractivity contribution in [3.63, 3.8) is 0 Å². The van der Waals surface area contributed by atoms with E-state index in [1.807, 2.05) is 6.79 Å². The average molecular weight is 414 g/mol. The van der Waals surface area contributed by atoms with Gasteiger partial charge in [0.1, 0.15) is 6.79 Å². The molecule has 0 bridgehead atoms. The molecule has 0 aliphatic carbocycles. The molecule has 0 radical (unpaired) electrons. The SMILES string of the molecule is C=O.C[N+](C)(C)CCPO.O=NCC(CCCCNC(=O)CCO)COO. The Bertz CT molecular complexity index is 344. The number of aliphatic hydroxyl groups excluding tert-OH is 1. The fourth-order valence-electron chi connectivity index (χ4n) is 1.80. The molecule has 0 aromatic carbocycles. The van der Waals surface area contributed by atoms with Gasteiger partial charge in [-0.15, -0.1) is 0 Å². The zero-order chi connectivity index (χ0) is 21.6. The van der Waals surface area contributed by atoms with Gasteiger partial charge in [-0.2, -0.15) is 4.91 Å². The number of carbonyl (C=O) groups is 2. The molecule has 0 aromatic heterocycles. The summed E-state index contributed by atoms with van der Waals surface area (Å²) in [5.41, 5.74) is 0. The maximum Gasteiger partial charge on any atom is 0.222 e. The first kappa shape index (κ1) is 30.7. The number of unbranched alkanes of at least 4 members (excludes halogenated alkanes) is 1. The molecular weight excluding hydrogens is 377 g/mol. The van der Waals surface area contributed by atoms with Crippen LogP contribution in [0.5, 0.6) is 0 Å². The van der Waals surface area contributed by atoms with Crippen LogP contribution in [0, 0.1) is 10.8 Å². The van der Waals surface area contributed by atoms with Crippen molar-refractivity contribution in [1.29, 1.82) is 0 Å². The third-order valence-electron chi connectivity index (χ3n) is 3.24. The minimum Gasteiger partial charge on any atom is -0.396 e. The highest BCUT2D eigenvalue weighted by atomic mass is 31.1. The van der Waals surface area contributed by atoms with Crippen LogP contribution in [0.4, 0.5) is 0 Å². The Hall–Kier alpha value is -1.03. The summed E-state index contributed by atoms with van der Waals surface area (Å²) < 4.78 is 0.952. The molecule has 0 aliphatic rings. The van der Waals surface area contributed by atoms with Gasteiger partial charge < -0.3 is 24.6 Å². The molecule has 0 heterocycles. The number of amides is 1. The van der Waals surface area contributed by atoms with Crippen LogP contribution < -0.4 is 5.32 Å². The van der Waals surface area contributed by atoms with Gasteiger partial charge in [0.25, 0.3) is 0 Å². The Morgan fingerprint density at radius 2 is 1.93 bits per heavy atom. The number of nitrogens with one attached hydrogen (secondary N) is 1. The molecule has 27 heavy (non-hydrogen) atoms. The number of nitroso groups, excluding NO2 is 1. The summed E-state index contributed by atoms with van der Waals surface area (Å²) >= 11 is 0. The van der Waals surface area contributed by atoms with Gasteiger partial charge in [0.2, 0.25) is 5.91 Å². The van der Waals surface area contributed by atoms with Crippen LogP contribution in [0.2, 0.25) is 0 Å². The monoisotopic (exact) mass is 414 g/mol. The Morgan fingerprint density at radius 3 is 2.33 bits per heavy atom. The van der Waals surface area contributed by atoms with Gasteiger partial charge in [-0.05, 0) is 12.8 Å². The molecule has 0 saturated heterocycles. The molecule has 162 valence electrons.